The molecular weight excluding hydrogens is 465 g/mol. The minimum Gasteiger partial charge on any atom is -0.378 e. The topological polar surface area (TPSA) is 53.6 Å². The highest BCUT2D eigenvalue weighted by Gasteiger charge is 2.35. The Morgan fingerprint density at radius 2 is 1.43 bits per heavy atom. The second-order valence-electron chi connectivity index (χ2n) is 7.88. The van der Waals surface area contributed by atoms with Crippen LogP contribution in [-0.2, 0) is 9.53 Å². The maximum atomic E-state index is 12.3. The van der Waals surface area contributed by atoms with Crippen LogP contribution in [0.15, 0.2) is 0 Å². The van der Waals surface area contributed by atoms with Gasteiger partial charge in [-0.1, -0.05) is 106 Å². The molecular formula is C21H38Cl3N3O2S. The first-order chi connectivity index (χ1) is 14.3. The number of rotatable bonds is 14. The number of alkyl halides is 3. The molecule has 1 saturated heterocycles. The van der Waals surface area contributed by atoms with Crippen LogP contribution in [0, 0.1) is 0 Å². The smallest absolute Gasteiger partial charge is 0.228 e. The van der Waals surface area contributed by atoms with Gasteiger partial charge in [-0.05, 0) is 18.6 Å². The third-order valence-corrected chi connectivity index (χ3v) is 6.24. The van der Waals surface area contributed by atoms with Crippen molar-refractivity contribution in [3.63, 3.8) is 0 Å². The lowest BCUT2D eigenvalue weighted by molar-refractivity contribution is -0.122. The molecule has 1 atom stereocenters. The van der Waals surface area contributed by atoms with E-state index in [9.17, 15) is 4.79 Å². The molecule has 0 spiro atoms. The van der Waals surface area contributed by atoms with Gasteiger partial charge in [-0.25, -0.2) is 0 Å². The Morgan fingerprint density at radius 3 is 1.93 bits per heavy atom. The Morgan fingerprint density at radius 1 is 0.933 bits per heavy atom. The van der Waals surface area contributed by atoms with Crippen LogP contribution in [0.4, 0.5) is 0 Å². The summed E-state index contributed by atoms with van der Waals surface area (Å²) < 4.78 is 3.61. The Kier molecular flexibility index (Phi) is 15.5. The van der Waals surface area contributed by atoms with Crippen molar-refractivity contribution >= 4 is 58.0 Å². The van der Waals surface area contributed by atoms with Crippen LogP contribution < -0.4 is 10.6 Å². The van der Waals surface area contributed by atoms with Crippen LogP contribution in [0.25, 0.3) is 0 Å². The number of halogens is 3. The number of nitrogens with zero attached hydrogens (tertiary/aromatic N) is 1. The first kappa shape index (κ1) is 28.0. The van der Waals surface area contributed by atoms with Crippen LogP contribution >= 0.6 is 47.0 Å². The largest absolute Gasteiger partial charge is 0.378 e. The van der Waals surface area contributed by atoms with Crippen LogP contribution in [0.2, 0.25) is 0 Å². The fraction of sp³-hybridized carbons (Fsp3) is 0.905. The summed E-state index contributed by atoms with van der Waals surface area (Å²) >= 11 is 23.5. The molecule has 0 radical (unpaired) electrons. The maximum absolute atomic E-state index is 12.3. The van der Waals surface area contributed by atoms with Crippen molar-refractivity contribution in [2.24, 2.45) is 0 Å². The number of nitrogens with one attached hydrogen (secondary N) is 2. The van der Waals surface area contributed by atoms with Crippen LogP contribution in [0.5, 0.6) is 0 Å². The zero-order chi connectivity index (χ0) is 22.2. The number of unbranched alkanes of at least 4 members (excludes halogenated alkanes) is 10. The number of thiocarbonyl (C=S) groups is 1. The Balaban J connectivity index is 2.17. The van der Waals surface area contributed by atoms with Crippen molar-refractivity contribution in [1.82, 2.24) is 15.5 Å². The van der Waals surface area contributed by atoms with E-state index in [-0.39, 0.29) is 5.91 Å². The zero-order valence-corrected chi connectivity index (χ0v) is 21.3. The van der Waals surface area contributed by atoms with Crippen molar-refractivity contribution in [1.29, 1.82) is 0 Å². The third-order valence-electron chi connectivity index (χ3n) is 5.21. The molecule has 0 unspecified atom stereocenters. The first-order valence-electron chi connectivity index (χ1n) is 11.3. The van der Waals surface area contributed by atoms with Gasteiger partial charge in [-0.15, -0.1) is 0 Å². The van der Waals surface area contributed by atoms with Gasteiger partial charge in [0.1, 0.15) is 6.17 Å². The molecule has 0 aromatic carbocycles. The molecule has 0 aromatic rings. The summed E-state index contributed by atoms with van der Waals surface area (Å²) in [5.74, 6) is -0.139. The summed E-state index contributed by atoms with van der Waals surface area (Å²) in [6.45, 7) is 4.79. The summed E-state index contributed by atoms with van der Waals surface area (Å²) in [6.07, 6.45) is 13.2. The van der Waals surface area contributed by atoms with Crippen molar-refractivity contribution in [3.8, 4) is 0 Å². The molecule has 1 amide bonds. The Labute approximate surface area is 202 Å². The van der Waals surface area contributed by atoms with E-state index in [0.717, 1.165) is 19.3 Å². The molecule has 1 aliphatic rings. The molecule has 0 aromatic heterocycles. The van der Waals surface area contributed by atoms with Crippen molar-refractivity contribution in [2.45, 2.75) is 93.9 Å². The number of hydrogen-bond donors (Lipinski definition) is 2. The third kappa shape index (κ3) is 13.4. The lowest BCUT2D eigenvalue weighted by Gasteiger charge is -2.34. The highest BCUT2D eigenvalue weighted by Crippen LogP contribution is 2.29. The fourth-order valence-corrected chi connectivity index (χ4v) is 3.99. The molecule has 2 N–H and O–H groups in total. The summed E-state index contributed by atoms with van der Waals surface area (Å²) in [6, 6.07) is 0. The number of carbonyl (C=O) groups excluding carboxylic acids is 1. The van der Waals surface area contributed by atoms with E-state index in [1.165, 1.54) is 51.4 Å². The fourth-order valence-electron chi connectivity index (χ4n) is 3.36. The standard InChI is InChI=1S/C21H38Cl3N3O2S/c1-2-3-4-5-6-7-8-9-10-11-12-13-18(28)25-19(21(22,23)24)26-20(30)27-14-16-29-17-15-27/h19H,2-17H2,1H3,(H,25,28)(H,26,30)/t19-/m1/s1. The number of ether oxygens (including phenoxy) is 1. The zero-order valence-electron chi connectivity index (χ0n) is 18.2. The Bertz CT molecular complexity index is 487. The summed E-state index contributed by atoms with van der Waals surface area (Å²) in [7, 11) is 0. The van der Waals surface area contributed by atoms with E-state index in [4.69, 9.17) is 51.8 Å². The minimum absolute atomic E-state index is 0.139. The van der Waals surface area contributed by atoms with Gasteiger partial charge in [0.05, 0.1) is 13.2 Å². The molecule has 30 heavy (non-hydrogen) atoms. The van der Waals surface area contributed by atoms with Crippen LogP contribution in [0.3, 0.4) is 0 Å². The monoisotopic (exact) mass is 501 g/mol. The van der Waals surface area contributed by atoms with Gasteiger partial charge < -0.3 is 20.3 Å². The van der Waals surface area contributed by atoms with Crippen molar-refractivity contribution in [2.75, 3.05) is 26.3 Å². The summed E-state index contributed by atoms with van der Waals surface area (Å²) in [5, 5.41) is 6.19. The molecule has 1 fully saturated rings. The van der Waals surface area contributed by atoms with E-state index in [1.54, 1.807) is 0 Å². The number of carbonyl (C=O) groups is 1. The lowest BCUT2D eigenvalue weighted by atomic mass is 10.1. The summed E-state index contributed by atoms with van der Waals surface area (Å²) in [5.41, 5.74) is 0. The van der Waals surface area contributed by atoms with Gasteiger partial charge in [0, 0.05) is 19.5 Å². The van der Waals surface area contributed by atoms with Crippen LogP contribution in [0.1, 0.15) is 84.0 Å². The van der Waals surface area contributed by atoms with E-state index in [0.29, 0.717) is 37.8 Å². The first-order valence-corrected chi connectivity index (χ1v) is 12.9. The number of amides is 1. The molecule has 5 nitrogen and oxygen atoms in total. The molecule has 176 valence electrons. The average molecular weight is 503 g/mol. The summed E-state index contributed by atoms with van der Waals surface area (Å²) in [4.78, 5) is 14.3. The highest BCUT2D eigenvalue weighted by atomic mass is 35.6. The molecule has 0 aliphatic carbocycles. The van der Waals surface area contributed by atoms with Gasteiger partial charge in [-0.2, -0.15) is 0 Å². The van der Waals surface area contributed by atoms with E-state index < -0.39 is 9.96 Å². The molecule has 1 rings (SSSR count). The second-order valence-corrected chi connectivity index (χ2v) is 10.6. The highest BCUT2D eigenvalue weighted by molar-refractivity contribution is 7.80. The van der Waals surface area contributed by atoms with E-state index in [1.807, 2.05) is 4.90 Å². The van der Waals surface area contributed by atoms with Crippen molar-refractivity contribution in [3.05, 3.63) is 0 Å². The van der Waals surface area contributed by atoms with Crippen molar-refractivity contribution < 1.29 is 9.53 Å². The molecule has 1 aliphatic heterocycles. The molecule has 9 heteroatoms. The van der Waals surface area contributed by atoms with E-state index in [2.05, 4.69) is 17.6 Å². The van der Waals surface area contributed by atoms with Gasteiger partial charge in [-0.3, -0.25) is 4.79 Å². The molecule has 0 bridgehead atoms. The predicted molar refractivity (Wildman–Crippen MR) is 131 cm³/mol. The van der Waals surface area contributed by atoms with Gasteiger partial charge >= 0.3 is 0 Å². The molecule has 0 saturated carbocycles. The second kappa shape index (κ2) is 16.6. The maximum Gasteiger partial charge on any atom is 0.228 e. The Hall–Kier alpha value is -0.0100. The number of morpholine rings is 1. The molecule has 1 heterocycles. The van der Waals surface area contributed by atoms with Gasteiger partial charge in [0.15, 0.2) is 5.11 Å². The lowest BCUT2D eigenvalue weighted by Crippen LogP contribution is -2.59. The normalized spacial score (nSPS) is 15.7. The van der Waals surface area contributed by atoms with E-state index >= 15 is 0 Å². The SMILES string of the molecule is CCCCCCCCCCCCCC(=O)N[C@H](NC(=S)N1CCOCC1)C(Cl)(Cl)Cl. The average Bonchev–Trinajstić information content (AvgIpc) is 2.71. The van der Waals surface area contributed by atoms with Crippen LogP contribution in [-0.4, -0.2) is 52.2 Å². The quantitative estimate of drug-likeness (QED) is 0.138. The minimum atomic E-state index is -1.71. The van der Waals surface area contributed by atoms with Gasteiger partial charge in [0.25, 0.3) is 0 Å². The van der Waals surface area contributed by atoms with Gasteiger partial charge in [0.2, 0.25) is 9.70 Å². The predicted octanol–water partition coefficient (Wildman–Crippen LogP) is 5.71. The number of hydrogen-bond acceptors (Lipinski definition) is 3.